The molecule has 3 heteroatoms. The van der Waals surface area contributed by atoms with Crippen molar-refractivity contribution in [1.82, 2.24) is 0 Å². The molecule has 1 aliphatic carbocycles. The molecule has 0 heterocycles. The minimum atomic E-state index is -0.183. The highest BCUT2D eigenvalue weighted by Crippen LogP contribution is 2.29. The summed E-state index contributed by atoms with van der Waals surface area (Å²) in [6.45, 7) is 9.84. The molecule has 0 aliphatic heterocycles. The third-order valence-corrected chi connectivity index (χ3v) is 5.05. The summed E-state index contributed by atoms with van der Waals surface area (Å²) in [5.41, 5.74) is 0. The lowest BCUT2D eigenvalue weighted by molar-refractivity contribution is -0.159. The molecule has 2 unspecified atom stereocenters. The van der Waals surface area contributed by atoms with Crippen LogP contribution in [0.1, 0.15) is 91.4 Å². The van der Waals surface area contributed by atoms with Crippen LogP contribution in [0.5, 0.6) is 0 Å². The Balaban J connectivity index is 2.64. The number of ether oxygens (including phenoxy) is 2. The number of allylic oxidation sites excluding steroid dienone is 1. The first kappa shape index (κ1) is 21.2. The number of hydrogen-bond acceptors (Lipinski definition) is 3. The van der Waals surface area contributed by atoms with E-state index in [-0.39, 0.29) is 24.3 Å². The molecule has 140 valence electrons. The van der Waals surface area contributed by atoms with Gasteiger partial charge in [-0.2, -0.15) is 0 Å². The summed E-state index contributed by atoms with van der Waals surface area (Å²) in [6.07, 6.45) is 14.6. The van der Waals surface area contributed by atoms with Gasteiger partial charge in [0.15, 0.2) is 0 Å². The number of carbonyl (C=O) groups excluding carboxylic acids is 1. The van der Waals surface area contributed by atoms with Crippen molar-refractivity contribution in [2.75, 3.05) is 0 Å². The van der Waals surface area contributed by atoms with E-state index in [1.54, 1.807) is 0 Å². The van der Waals surface area contributed by atoms with E-state index >= 15 is 0 Å². The molecule has 0 amide bonds. The highest BCUT2D eigenvalue weighted by Gasteiger charge is 2.31. The van der Waals surface area contributed by atoms with Crippen LogP contribution in [0.3, 0.4) is 0 Å². The molecule has 0 aromatic heterocycles. The lowest BCUT2D eigenvalue weighted by Gasteiger charge is -2.29. The molecule has 1 rings (SSSR count). The molecule has 4 atom stereocenters. The fraction of sp³-hybridized carbons (Fsp3) is 0.857. The van der Waals surface area contributed by atoms with Crippen LogP contribution in [0, 0.1) is 5.92 Å². The van der Waals surface area contributed by atoms with E-state index in [1.165, 1.54) is 26.2 Å². The van der Waals surface area contributed by atoms with E-state index in [2.05, 4.69) is 20.4 Å². The standard InChI is InChI=1S/C21H38O3/c1-5-7-9-11-19(12-10-8-6-2)24-21-16-14-17(3)13-15-20(21)23-18(4)22/h5,17,19-21H,1,6-16H2,2-4H3/t17-,19?,20-,21?/m0/s1. The summed E-state index contributed by atoms with van der Waals surface area (Å²) in [5, 5.41) is 0. The Morgan fingerprint density at radius 1 is 1.12 bits per heavy atom. The monoisotopic (exact) mass is 338 g/mol. The van der Waals surface area contributed by atoms with Crippen LogP contribution >= 0.6 is 0 Å². The quantitative estimate of drug-likeness (QED) is 0.206. The summed E-state index contributed by atoms with van der Waals surface area (Å²) >= 11 is 0. The Bertz CT molecular complexity index is 353. The van der Waals surface area contributed by atoms with Gasteiger partial charge in [0.05, 0.1) is 12.2 Å². The highest BCUT2D eigenvalue weighted by molar-refractivity contribution is 5.66. The van der Waals surface area contributed by atoms with Gasteiger partial charge in [-0.15, -0.1) is 6.58 Å². The van der Waals surface area contributed by atoms with Gasteiger partial charge < -0.3 is 9.47 Å². The zero-order valence-electron chi connectivity index (χ0n) is 16.1. The maximum Gasteiger partial charge on any atom is 0.302 e. The van der Waals surface area contributed by atoms with Crippen LogP contribution in [-0.4, -0.2) is 24.3 Å². The Labute approximate surface area is 149 Å². The summed E-state index contributed by atoms with van der Waals surface area (Å²) < 4.78 is 12.1. The molecule has 0 aromatic carbocycles. The molecule has 1 aliphatic rings. The van der Waals surface area contributed by atoms with Crippen molar-refractivity contribution >= 4 is 5.97 Å². The maximum absolute atomic E-state index is 11.5. The topological polar surface area (TPSA) is 35.5 Å². The third-order valence-electron chi connectivity index (χ3n) is 5.05. The first-order valence-corrected chi connectivity index (χ1v) is 10.00. The molecular weight excluding hydrogens is 300 g/mol. The van der Waals surface area contributed by atoms with E-state index in [9.17, 15) is 4.79 Å². The molecule has 24 heavy (non-hydrogen) atoms. The number of esters is 1. The predicted molar refractivity (Wildman–Crippen MR) is 100 cm³/mol. The second-order valence-electron chi connectivity index (χ2n) is 7.42. The van der Waals surface area contributed by atoms with Gasteiger partial charge in [-0.05, 0) is 57.3 Å². The van der Waals surface area contributed by atoms with E-state index < -0.39 is 0 Å². The molecule has 0 aromatic rings. The van der Waals surface area contributed by atoms with Crippen molar-refractivity contribution in [2.24, 2.45) is 5.92 Å². The van der Waals surface area contributed by atoms with Crippen molar-refractivity contribution < 1.29 is 14.3 Å². The predicted octanol–water partition coefficient (Wildman–Crippen LogP) is 5.82. The van der Waals surface area contributed by atoms with E-state index in [0.29, 0.717) is 5.92 Å². The summed E-state index contributed by atoms with van der Waals surface area (Å²) in [4.78, 5) is 11.5. The SMILES string of the molecule is C=CCCCC(CCCCC)OC1CC[C@@H](C)CC[C@@H]1OC(C)=O. The summed E-state index contributed by atoms with van der Waals surface area (Å²) in [5.74, 6) is 0.508. The van der Waals surface area contributed by atoms with Gasteiger partial charge in [0.2, 0.25) is 0 Å². The van der Waals surface area contributed by atoms with Gasteiger partial charge in [0, 0.05) is 6.92 Å². The lowest BCUT2D eigenvalue weighted by Crippen LogP contribution is -2.35. The summed E-state index contributed by atoms with van der Waals surface area (Å²) in [6, 6.07) is 0. The Morgan fingerprint density at radius 2 is 1.79 bits per heavy atom. The minimum absolute atomic E-state index is 0.0641. The largest absolute Gasteiger partial charge is 0.460 e. The number of unbranched alkanes of at least 4 members (excludes halogenated alkanes) is 3. The van der Waals surface area contributed by atoms with Gasteiger partial charge in [-0.3, -0.25) is 4.79 Å². The molecule has 0 spiro atoms. The molecule has 1 fully saturated rings. The van der Waals surface area contributed by atoms with Gasteiger partial charge >= 0.3 is 5.97 Å². The summed E-state index contributed by atoms with van der Waals surface area (Å²) in [7, 11) is 0. The molecular formula is C21H38O3. The van der Waals surface area contributed by atoms with Crippen LogP contribution in [0.2, 0.25) is 0 Å². The Morgan fingerprint density at radius 3 is 2.42 bits per heavy atom. The highest BCUT2D eigenvalue weighted by atomic mass is 16.6. The first-order valence-electron chi connectivity index (χ1n) is 10.00. The number of hydrogen-bond donors (Lipinski definition) is 0. The zero-order valence-corrected chi connectivity index (χ0v) is 16.1. The zero-order chi connectivity index (χ0) is 17.8. The Hall–Kier alpha value is -0.830. The first-order chi connectivity index (χ1) is 11.6. The van der Waals surface area contributed by atoms with E-state index in [0.717, 1.165) is 51.4 Å². The van der Waals surface area contributed by atoms with Gasteiger partial charge in [0.1, 0.15) is 6.10 Å². The number of rotatable bonds is 11. The lowest BCUT2D eigenvalue weighted by atomic mass is 10.0. The smallest absolute Gasteiger partial charge is 0.302 e. The second kappa shape index (κ2) is 12.5. The van der Waals surface area contributed by atoms with Crippen LogP contribution < -0.4 is 0 Å². The van der Waals surface area contributed by atoms with Crippen LogP contribution in [-0.2, 0) is 14.3 Å². The van der Waals surface area contributed by atoms with Gasteiger partial charge in [-0.1, -0.05) is 39.2 Å². The minimum Gasteiger partial charge on any atom is -0.460 e. The second-order valence-corrected chi connectivity index (χ2v) is 7.42. The van der Waals surface area contributed by atoms with Crippen LogP contribution in [0.15, 0.2) is 12.7 Å². The normalized spacial score (nSPS) is 25.7. The van der Waals surface area contributed by atoms with Crippen molar-refractivity contribution in [3.05, 3.63) is 12.7 Å². The third kappa shape index (κ3) is 8.86. The molecule has 0 N–H and O–H groups in total. The average Bonchev–Trinajstić information content (AvgIpc) is 2.70. The fourth-order valence-corrected chi connectivity index (χ4v) is 3.56. The van der Waals surface area contributed by atoms with Crippen molar-refractivity contribution in [3.8, 4) is 0 Å². The Kier molecular flexibility index (Phi) is 11.1. The molecule has 0 radical (unpaired) electrons. The van der Waals surface area contributed by atoms with Crippen molar-refractivity contribution in [1.29, 1.82) is 0 Å². The molecule has 0 bridgehead atoms. The van der Waals surface area contributed by atoms with Crippen LogP contribution in [0.4, 0.5) is 0 Å². The maximum atomic E-state index is 11.5. The van der Waals surface area contributed by atoms with Crippen molar-refractivity contribution in [3.63, 3.8) is 0 Å². The average molecular weight is 339 g/mol. The van der Waals surface area contributed by atoms with Gasteiger partial charge in [-0.25, -0.2) is 0 Å². The van der Waals surface area contributed by atoms with Gasteiger partial charge in [0.25, 0.3) is 0 Å². The van der Waals surface area contributed by atoms with Crippen LogP contribution in [0.25, 0.3) is 0 Å². The molecule has 1 saturated carbocycles. The van der Waals surface area contributed by atoms with E-state index in [1.807, 2.05) is 6.08 Å². The van der Waals surface area contributed by atoms with Crippen molar-refractivity contribution in [2.45, 2.75) is 110 Å². The van der Waals surface area contributed by atoms with E-state index in [4.69, 9.17) is 9.47 Å². The molecule has 0 saturated heterocycles. The molecule has 3 nitrogen and oxygen atoms in total. The number of carbonyl (C=O) groups is 1. The fourth-order valence-electron chi connectivity index (χ4n) is 3.56.